The van der Waals surface area contributed by atoms with E-state index >= 15 is 0 Å². The summed E-state index contributed by atoms with van der Waals surface area (Å²) in [6.07, 6.45) is 1.01. The molecule has 0 saturated heterocycles. The molecule has 0 atom stereocenters. The first-order chi connectivity index (χ1) is 13.4. The van der Waals surface area contributed by atoms with Gasteiger partial charge in [-0.25, -0.2) is 25.5 Å². The number of hydrogen-bond acceptors (Lipinski definition) is 5. The van der Waals surface area contributed by atoms with Crippen molar-refractivity contribution in [2.75, 3.05) is 37.3 Å². The summed E-state index contributed by atoms with van der Waals surface area (Å²) in [4.78, 5) is 1.62. The van der Waals surface area contributed by atoms with Crippen molar-refractivity contribution in [3.05, 3.63) is 48.5 Å². The van der Waals surface area contributed by atoms with Crippen molar-refractivity contribution in [1.82, 2.24) is 4.31 Å². The normalized spacial score (nSPS) is 15.9. The number of rotatable bonds is 8. The largest absolute Gasteiger partial charge is 0.370 e. The van der Waals surface area contributed by atoms with Crippen molar-refractivity contribution < 1.29 is 21.2 Å². The van der Waals surface area contributed by atoms with Gasteiger partial charge in [0.1, 0.15) is 5.67 Å². The van der Waals surface area contributed by atoms with Gasteiger partial charge in [-0.2, -0.15) is 0 Å². The molecule has 1 N–H and O–H groups in total. The van der Waals surface area contributed by atoms with E-state index in [1.165, 1.54) is 38.4 Å². The summed E-state index contributed by atoms with van der Waals surface area (Å²) in [5.41, 5.74) is -0.329. The average Bonchev–Trinajstić information content (AvgIpc) is 3.38. The van der Waals surface area contributed by atoms with Gasteiger partial charge in [-0.3, -0.25) is 4.72 Å². The van der Waals surface area contributed by atoms with Crippen LogP contribution < -0.4 is 9.62 Å². The second-order valence-corrected chi connectivity index (χ2v) is 11.2. The lowest BCUT2D eigenvalue weighted by molar-refractivity contribution is 0.315. The molecule has 0 unspecified atom stereocenters. The van der Waals surface area contributed by atoms with Crippen LogP contribution >= 0.6 is 0 Å². The Hall–Kier alpha value is -2.17. The number of sulfonamides is 2. The lowest BCUT2D eigenvalue weighted by Gasteiger charge is -2.24. The molecule has 1 aliphatic rings. The molecule has 1 saturated carbocycles. The molecule has 1 fully saturated rings. The highest BCUT2D eigenvalue weighted by Crippen LogP contribution is 2.41. The fourth-order valence-electron chi connectivity index (χ4n) is 2.90. The van der Waals surface area contributed by atoms with Crippen LogP contribution in [0.5, 0.6) is 0 Å². The van der Waals surface area contributed by atoms with Crippen LogP contribution in [0, 0.1) is 0 Å². The predicted molar refractivity (Wildman–Crippen MR) is 111 cm³/mol. The molecule has 0 radical (unpaired) electrons. The van der Waals surface area contributed by atoms with Crippen molar-refractivity contribution in [3.63, 3.8) is 0 Å². The Morgan fingerprint density at radius 1 is 0.931 bits per heavy atom. The van der Waals surface area contributed by atoms with E-state index < -0.39 is 25.7 Å². The Balaban J connectivity index is 1.85. The van der Waals surface area contributed by atoms with Crippen LogP contribution in [-0.4, -0.2) is 54.5 Å². The van der Waals surface area contributed by atoms with Gasteiger partial charge in [0.25, 0.3) is 10.0 Å². The molecule has 2 aromatic rings. The summed E-state index contributed by atoms with van der Waals surface area (Å²) in [5.74, 6) is 0. The molecule has 0 aliphatic heterocycles. The van der Waals surface area contributed by atoms with E-state index in [4.69, 9.17) is 0 Å². The second kappa shape index (κ2) is 7.58. The van der Waals surface area contributed by atoms with Gasteiger partial charge in [-0.15, -0.1) is 0 Å². The van der Waals surface area contributed by atoms with E-state index in [1.807, 2.05) is 0 Å². The minimum Gasteiger partial charge on any atom is -0.370 e. The van der Waals surface area contributed by atoms with E-state index in [2.05, 4.69) is 4.72 Å². The van der Waals surface area contributed by atoms with Crippen LogP contribution in [0.2, 0.25) is 0 Å². The minimum absolute atomic E-state index is 0.000685. The van der Waals surface area contributed by atoms with Crippen LogP contribution in [0.4, 0.5) is 15.8 Å². The van der Waals surface area contributed by atoms with Gasteiger partial charge in [0, 0.05) is 21.1 Å². The first-order valence-corrected chi connectivity index (χ1v) is 11.9. The van der Waals surface area contributed by atoms with Gasteiger partial charge < -0.3 is 4.90 Å². The number of alkyl halides is 1. The van der Waals surface area contributed by atoms with Crippen LogP contribution in [0.1, 0.15) is 12.8 Å². The van der Waals surface area contributed by atoms with E-state index in [0.717, 1.165) is 4.31 Å². The van der Waals surface area contributed by atoms with Gasteiger partial charge >= 0.3 is 0 Å². The minimum atomic E-state index is -3.96. The van der Waals surface area contributed by atoms with Crippen molar-refractivity contribution in [2.24, 2.45) is 0 Å². The maximum absolute atomic E-state index is 14.1. The van der Waals surface area contributed by atoms with Crippen LogP contribution in [0.3, 0.4) is 0 Å². The molecule has 2 aromatic carbocycles. The van der Waals surface area contributed by atoms with E-state index in [9.17, 15) is 21.2 Å². The lowest BCUT2D eigenvalue weighted by atomic mass is 10.2. The Bertz CT molecular complexity index is 1100. The molecule has 7 nitrogen and oxygen atoms in total. The number of hydrogen-bond donors (Lipinski definition) is 1. The van der Waals surface area contributed by atoms with Gasteiger partial charge in [0.2, 0.25) is 10.0 Å². The molecular weight excluding hydrogens is 417 g/mol. The fourth-order valence-corrected chi connectivity index (χ4v) is 4.88. The molecule has 0 aromatic heterocycles. The summed E-state index contributed by atoms with van der Waals surface area (Å²) >= 11 is 0. The third kappa shape index (κ3) is 4.71. The highest BCUT2D eigenvalue weighted by Gasteiger charge is 2.44. The third-order valence-corrected chi connectivity index (χ3v) is 8.00. The van der Waals surface area contributed by atoms with Gasteiger partial charge in [-0.1, -0.05) is 12.1 Å². The van der Waals surface area contributed by atoms with Crippen LogP contribution in [0.25, 0.3) is 0 Å². The Kier molecular flexibility index (Phi) is 5.63. The molecule has 3 rings (SSSR count). The number of para-hydroxylation sites is 2. The molecule has 0 amide bonds. The molecular formula is C19H24FN3O4S2. The molecule has 1 aliphatic carbocycles. The second-order valence-electron chi connectivity index (χ2n) is 7.39. The lowest BCUT2D eigenvalue weighted by Crippen LogP contribution is -2.28. The maximum atomic E-state index is 14.1. The van der Waals surface area contributed by atoms with E-state index in [0.29, 0.717) is 24.2 Å². The molecule has 158 valence electrons. The SMILES string of the molecule is CN(CC1(F)CC1)c1ccccc1NS(=O)(=O)c1ccc(S(=O)(=O)N(C)C)cc1. The number of benzene rings is 2. The highest BCUT2D eigenvalue weighted by atomic mass is 32.2. The summed E-state index contributed by atoms with van der Waals surface area (Å²) in [7, 11) is -3.09. The van der Waals surface area contributed by atoms with Crippen LogP contribution in [-0.2, 0) is 20.0 Å². The zero-order chi connectivity index (χ0) is 21.4. The van der Waals surface area contributed by atoms with Crippen molar-refractivity contribution in [3.8, 4) is 0 Å². The Labute approximate surface area is 171 Å². The monoisotopic (exact) mass is 441 g/mol. The zero-order valence-corrected chi connectivity index (χ0v) is 18.1. The quantitative estimate of drug-likeness (QED) is 0.681. The van der Waals surface area contributed by atoms with Crippen molar-refractivity contribution >= 4 is 31.4 Å². The standard InChI is InChI=1S/C19H24FN3O4S2/c1-22(2)29(26,27)16-10-8-15(9-11-16)28(24,25)21-17-6-4-5-7-18(17)23(3)14-19(20)12-13-19/h4-11,21H,12-14H2,1-3H3. The Morgan fingerprint density at radius 3 is 2.03 bits per heavy atom. The highest BCUT2D eigenvalue weighted by molar-refractivity contribution is 7.92. The predicted octanol–water partition coefficient (Wildman–Crippen LogP) is 2.68. The number of nitrogens with zero attached hydrogens (tertiary/aromatic N) is 2. The summed E-state index contributed by atoms with van der Waals surface area (Å²) in [6, 6.07) is 11.7. The fraction of sp³-hybridized carbons (Fsp3) is 0.368. The first-order valence-electron chi connectivity index (χ1n) is 8.99. The van der Waals surface area contributed by atoms with E-state index in [-0.39, 0.29) is 16.3 Å². The van der Waals surface area contributed by atoms with Gasteiger partial charge in [-0.05, 0) is 49.2 Å². The average molecular weight is 442 g/mol. The summed E-state index contributed by atoms with van der Waals surface area (Å²) in [6.45, 7) is 0.183. The molecule has 0 heterocycles. The number of halogens is 1. The topological polar surface area (TPSA) is 86.8 Å². The zero-order valence-electron chi connectivity index (χ0n) is 16.5. The Morgan fingerprint density at radius 2 is 1.48 bits per heavy atom. The maximum Gasteiger partial charge on any atom is 0.261 e. The first kappa shape index (κ1) is 21.5. The third-order valence-electron chi connectivity index (χ3n) is 4.79. The molecule has 29 heavy (non-hydrogen) atoms. The number of nitrogens with one attached hydrogen (secondary N) is 1. The van der Waals surface area contributed by atoms with Crippen molar-refractivity contribution in [1.29, 1.82) is 0 Å². The van der Waals surface area contributed by atoms with E-state index in [1.54, 1.807) is 36.2 Å². The summed E-state index contributed by atoms with van der Waals surface area (Å²) in [5, 5.41) is 0. The van der Waals surface area contributed by atoms with Gasteiger partial charge in [0.15, 0.2) is 0 Å². The summed E-state index contributed by atoms with van der Waals surface area (Å²) < 4.78 is 67.6. The smallest absolute Gasteiger partial charge is 0.261 e. The van der Waals surface area contributed by atoms with Crippen molar-refractivity contribution in [2.45, 2.75) is 28.3 Å². The van der Waals surface area contributed by atoms with Crippen LogP contribution in [0.15, 0.2) is 58.3 Å². The molecule has 10 heteroatoms. The number of anilines is 2. The molecule has 0 spiro atoms. The van der Waals surface area contributed by atoms with Gasteiger partial charge in [0.05, 0.1) is 27.7 Å². The molecule has 0 bridgehead atoms.